The van der Waals surface area contributed by atoms with E-state index in [1.165, 1.54) is 6.07 Å². The Morgan fingerprint density at radius 3 is 2.41 bits per heavy atom. The summed E-state index contributed by atoms with van der Waals surface area (Å²) in [6.45, 7) is 0. The number of nitrogens with one attached hydrogen (secondary N) is 3. The smallest absolute Gasteiger partial charge is 0.286 e. The highest BCUT2D eigenvalue weighted by molar-refractivity contribution is 6.40. The van der Waals surface area contributed by atoms with E-state index in [1.54, 1.807) is 6.07 Å². The maximum atomic E-state index is 11.7. The van der Waals surface area contributed by atoms with Crippen LogP contribution in [0.2, 0.25) is 10.0 Å². The number of halogens is 2. The summed E-state index contributed by atoms with van der Waals surface area (Å²) in [5.41, 5.74) is -0.0781. The molecule has 5 nitrogen and oxygen atoms in total. The summed E-state index contributed by atoms with van der Waals surface area (Å²) in [6, 6.07) is 3.14. The molecule has 0 saturated heterocycles. The van der Waals surface area contributed by atoms with Crippen LogP contribution in [0.4, 0.5) is 0 Å². The number of aromatic amines is 3. The van der Waals surface area contributed by atoms with Crippen molar-refractivity contribution in [2.75, 3.05) is 0 Å². The lowest BCUT2D eigenvalue weighted by Gasteiger charge is -1.95. The second-order valence-corrected chi connectivity index (χ2v) is 4.44. The van der Waals surface area contributed by atoms with Gasteiger partial charge in [-0.15, -0.1) is 0 Å². The van der Waals surface area contributed by atoms with E-state index < -0.39 is 11.1 Å². The molecule has 0 radical (unpaired) electrons. The lowest BCUT2D eigenvalue weighted by atomic mass is 10.2. The van der Waals surface area contributed by atoms with Crippen molar-refractivity contribution < 1.29 is 0 Å². The number of benzene rings is 1. The molecule has 7 heteroatoms. The van der Waals surface area contributed by atoms with Crippen molar-refractivity contribution in [3.63, 3.8) is 0 Å². The quantitative estimate of drug-likeness (QED) is 0.584. The van der Waals surface area contributed by atoms with Crippen molar-refractivity contribution in [2.24, 2.45) is 0 Å². The molecule has 3 N–H and O–H groups in total. The minimum absolute atomic E-state index is 0.188. The number of aromatic nitrogens is 3. The monoisotopic (exact) mass is 269 g/mol. The molecule has 0 spiro atoms. The average molecular weight is 270 g/mol. The number of H-pyrrole nitrogens is 3. The molecule has 1 aromatic carbocycles. The van der Waals surface area contributed by atoms with Gasteiger partial charge in [-0.05, 0) is 12.1 Å². The molecule has 0 aliphatic rings. The Morgan fingerprint density at radius 1 is 0.941 bits per heavy atom. The molecule has 86 valence electrons. The van der Waals surface area contributed by atoms with E-state index >= 15 is 0 Å². The zero-order chi connectivity index (χ0) is 12.2. The van der Waals surface area contributed by atoms with Crippen molar-refractivity contribution in [3.8, 4) is 0 Å². The molecule has 3 aromatic rings. The molecule has 3 rings (SSSR count). The molecular formula is C10H5Cl2N3O2. The average Bonchev–Trinajstić information content (AvgIpc) is 2.64. The normalized spacial score (nSPS) is 11.4. The van der Waals surface area contributed by atoms with Gasteiger partial charge in [0.15, 0.2) is 0 Å². The van der Waals surface area contributed by atoms with Gasteiger partial charge in [-0.3, -0.25) is 19.8 Å². The van der Waals surface area contributed by atoms with E-state index in [9.17, 15) is 9.59 Å². The van der Waals surface area contributed by atoms with Crippen LogP contribution in [0.15, 0.2) is 21.7 Å². The van der Waals surface area contributed by atoms with Crippen LogP contribution in [0.25, 0.3) is 21.8 Å². The van der Waals surface area contributed by atoms with Gasteiger partial charge in [-0.1, -0.05) is 23.2 Å². The van der Waals surface area contributed by atoms with E-state index in [1.807, 2.05) is 0 Å². The molecule has 2 heterocycles. The van der Waals surface area contributed by atoms with Crippen LogP contribution in [0.5, 0.6) is 0 Å². The molecular weight excluding hydrogens is 265 g/mol. The van der Waals surface area contributed by atoms with Crippen LogP contribution >= 0.6 is 23.2 Å². The van der Waals surface area contributed by atoms with Crippen molar-refractivity contribution >= 4 is 45.0 Å². The number of hydrogen-bond donors (Lipinski definition) is 3. The topological polar surface area (TPSA) is 81.5 Å². The fraction of sp³-hybridized carbons (Fsp3) is 0. The first-order valence-electron chi connectivity index (χ1n) is 4.69. The molecule has 0 saturated carbocycles. The fourth-order valence-corrected chi connectivity index (χ4v) is 2.47. The van der Waals surface area contributed by atoms with E-state index in [-0.39, 0.29) is 10.9 Å². The van der Waals surface area contributed by atoms with Gasteiger partial charge < -0.3 is 4.98 Å². The predicted octanol–water partition coefficient (Wildman–Crippen LogP) is 2.00. The first-order valence-corrected chi connectivity index (χ1v) is 5.45. The SMILES string of the molecule is O=c1[nH][nH]c(=O)c2c1[nH]c1cc(Cl)cc(Cl)c12. The summed E-state index contributed by atoms with van der Waals surface area (Å²) < 4.78 is 0. The van der Waals surface area contributed by atoms with Crippen molar-refractivity contribution in [2.45, 2.75) is 0 Å². The third-order valence-corrected chi connectivity index (χ3v) is 3.07. The van der Waals surface area contributed by atoms with E-state index in [0.717, 1.165) is 0 Å². The Morgan fingerprint density at radius 2 is 1.65 bits per heavy atom. The first-order chi connectivity index (χ1) is 8.08. The minimum Gasteiger partial charge on any atom is -0.350 e. The van der Waals surface area contributed by atoms with Crippen LogP contribution in [-0.4, -0.2) is 15.2 Å². The van der Waals surface area contributed by atoms with E-state index in [0.29, 0.717) is 20.9 Å². The van der Waals surface area contributed by atoms with Gasteiger partial charge in [0.25, 0.3) is 11.1 Å². The lowest BCUT2D eigenvalue weighted by Crippen LogP contribution is -2.18. The third-order valence-electron chi connectivity index (χ3n) is 2.56. The molecule has 0 aliphatic heterocycles. The summed E-state index contributed by atoms with van der Waals surface area (Å²) in [4.78, 5) is 26.1. The number of hydrogen-bond acceptors (Lipinski definition) is 2. The van der Waals surface area contributed by atoms with Crippen LogP contribution in [0.1, 0.15) is 0 Å². The maximum Gasteiger partial charge on any atom is 0.286 e. The largest absolute Gasteiger partial charge is 0.350 e. The second kappa shape index (κ2) is 3.38. The molecule has 17 heavy (non-hydrogen) atoms. The fourth-order valence-electron chi connectivity index (χ4n) is 1.88. The van der Waals surface area contributed by atoms with Crippen molar-refractivity contribution in [1.29, 1.82) is 0 Å². The molecule has 0 fully saturated rings. The molecule has 0 amide bonds. The summed E-state index contributed by atoms with van der Waals surface area (Å²) in [5.74, 6) is 0. The van der Waals surface area contributed by atoms with Gasteiger partial charge in [-0.2, -0.15) is 0 Å². The highest BCUT2D eigenvalue weighted by Gasteiger charge is 2.14. The van der Waals surface area contributed by atoms with Gasteiger partial charge in [0, 0.05) is 15.9 Å². The Bertz CT molecular complexity index is 859. The summed E-state index contributed by atoms with van der Waals surface area (Å²) in [7, 11) is 0. The Balaban J connectivity index is 2.75. The predicted molar refractivity (Wildman–Crippen MR) is 67.1 cm³/mol. The summed E-state index contributed by atoms with van der Waals surface area (Å²) >= 11 is 11.9. The van der Waals surface area contributed by atoms with Crippen LogP contribution in [0, 0.1) is 0 Å². The summed E-state index contributed by atoms with van der Waals surface area (Å²) in [5, 5.41) is 6.00. The Labute approximate surface area is 103 Å². The summed E-state index contributed by atoms with van der Waals surface area (Å²) in [6.07, 6.45) is 0. The van der Waals surface area contributed by atoms with Gasteiger partial charge in [0.05, 0.1) is 10.4 Å². The number of rotatable bonds is 0. The van der Waals surface area contributed by atoms with Crippen LogP contribution in [0.3, 0.4) is 0 Å². The second-order valence-electron chi connectivity index (χ2n) is 3.59. The number of fused-ring (bicyclic) bond motifs is 3. The highest BCUT2D eigenvalue weighted by Crippen LogP contribution is 2.31. The maximum absolute atomic E-state index is 11.7. The molecule has 0 aliphatic carbocycles. The zero-order valence-electron chi connectivity index (χ0n) is 8.23. The van der Waals surface area contributed by atoms with Crippen LogP contribution in [-0.2, 0) is 0 Å². The third kappa shape index (κ3) is 1.40. The molecule has 0 atom stereocenters. The Hall–Kier alpha value is -1.72. The van der Waals surface area contributed by atoms with Gasteiger partial charge in [0.2, 0.25) is 0 Å². The molecule has 2 aromatic heterocycles. The zero-order valence-corrected chi connectivity index (χ0v) is 9.74. The van der Waals surface area contributed by atoms with Crippen molar-refractivity contribution in [3.05, 3.63) is 42.9 Å². The highest BCUT2D eigenvalue weighted by atomic mass is 35.5. The van der Waals surface area contributed by atoms with Crippen LogP contribution < -0.4 is 11.1 Å². The van der Waals surface area contributed by atoms with Gasteiger partial charge in [-0.25, -0.2) is 0 Å². The minimum atomic E-state index is -0.414. The molecule has 0 unspecified atom stereocenters. The van der Waals surface area contributed by atoms with Gasteiger partial charge in [0.1, 0.15) is 5.52 Å². The van der Waals surface area contributed by atoms with Gasteiger partial charge >= 0.3 is 0 Å². The van der Waals surface area contributed by atoms with Crippen molar-refractivity contribution in [1.82, 2.24) is 15.2 Å². The Kier molecular flexibility index (Phi) is 2.08. The lowest BCUT2D eigenvalue weighted by molar-refractivity contribution is 0.974. The standard InChI is InChI=1S/C10H5Cl2N3O2/c11-3-1-4(12)6-5(2-3)13-8-7(6)9(16)14-15-10(8)17/h1-2,13H,(H,14,16)(H,15,17). The van der Waals surface area contributed by atoms with E-state index in [2.05, 4.69) is 15.2 Å². The molecule has 0 bridgehead atoms. The van der Waals surface area contributed by atoms with E-state index in [4.69, 9.17) is 23.2 Å². The first kappa shape index (κ1) is 10.4.